The van der Waals surface area contributed by atoms with E-state index in [4.69, 9.17) is 14.0 Å². The van der Waals surface area contributed by atoms with E-state index in [0.717, 1.165) is 73.6 Å². The van der Waals surface area contributed by atoms with E-state index in [1.165, 1.54) is 38.2 Å². The number of hydrogen-bond donors (Lipinski definition) is 2. The third-order valence-corrected chi connectivity index (χ3v) is 9.00. The molecule has 4 aromatic rings. The van der Waals surface area contributed by atoms with Crippen LogP contribution in [0.3, 0.4) is 0 Å². The van der Waals surface area contributed by atoms with Crippen molar-refractivity contribution in [2.45, 2.75) is 87.8 Å². The first-order valence-electron chi connectivity index (χ1n) is 15.9. The van der Waals surface area contributed by atoms with Crippen LogP contribution >= 0.6 is 0 Å². The summed E-state index contributed by atoms with van der Waals surface area (Å²) in [5.41, 5.74) is 2.21. The third kappa shape index (κ3) is 14.9. The van der Waals surface area contributed by atoms with Crippen LogP contribution in [0.1, 0.15) is 76.3 Å². The zero-order valence-corrected chi connectivity index (χ0v) is 31.7. The molecule has 0 aliphatic rings. The quantitative estimate of drug-likeness (QED) is 0.0657. The first-order chi connectivity index (χ1) is 22.8. The van der Waals surface area contributed by atoms with E-state index in [1.807, 2.05) is 36.4 Å². The van der Waals surface area contributed by atoms with Gasteiger partial charge in [-0.15, -0.1) is 0 Å². The Morgan fingerprint density at radius 3 is 1.61 bits per heavy atom. The maximum atomic E-state index is 11.8. The summed E-state index contributed by atoms with van der Waals surface area (Å²) in [7, 11) is -8.98. The van der Waals surface area contributed by atoms with Crippen molar-refractivity contribution in [2.75, 3.05) is 0 Å². The minimum Gasteiger partial charge on any atom is -0.870 e. The monoisotopic (exact) mass is 738 g/mol. The summed E-state index contributed by atoms with van der Waals surface area (Å²) < 4.78 is 75.7. The van der Waals surface area contributed by atoms with Crippen molar-refractivity contribution in [3.8, 4) is 34.5 Å². The number of hydrogen-bond acceptors (Lipinski definition) is 9. The van der Waals surface area contributed by atoms with Crippen LogP contribution in [-0.2, 0) is 33.1 Å². The van der Waals surface area contributed by atoms with E-state index >= 15 is 0 Å². The van der Waals surface area contributed by atoms with Crippen LogP contribution in [0.5, 0.6) is 34.5 Å². The van der Waals surface area contributed by atoms with Crippen molar-refractivity contribution < 1.29 is 45.6 Å². The second kappa shape index (κ2) is 20.7. The molecule has 0 atom stereocenters. The Kier molecular flexibility index (Phi) is 17.9. The molecule has 0 aliphatic heterocycles. The van der Waals surface area contributed by atoms with E-state index in [2.05, 4.69) is 13.8 Å². The predicted octanol–water partition coefficient (Wildman–Crippen LogP) is 7.75. The minimum atomic E-state index is -4.63. The van der Waals surface area contributed by atoms with Gasteiger partial charge in [0, 0.05) is 6.07 Å². The summed E-state index contributed by atoms with van der Waals surface area (Å²) in [6, 6.07) is 21.1. The molecule has 0 radical (unpaired) electrons. The molecule has 0 bridgehead atoms. The fourth-order valence-corrected chi connectivity index (χ4v) is 5.74. The Morgan fingerprint density at radius 2 is 1.12 bits per heavy atom. The molecule has 0 unspecified atom stereocenters. The molecule has 0 amide bonds. The van der Waals surface area contributed by atoms with E-state index in [0.29, 0.717) is 11.5 Å². The summed E-state index contributed by atoms with van der Waals surface area (Å²) in [5, 5.41) is 21.6. The average molecular weight is 739 g/mol. The molecule has 4 rings (SSSR count). The van der Waals surface area contributed by atoms with Gasteiger partial charge in [-0.2, -0.15) is 8.42 Å². The van der Waals surface area contributed by atoms with Crippen molar-refractivity contribution in [1.82, 2.24) is 0 Å². The zero-order chi connectivity index (χ0) is 35.2. The van der Waals surface area contributed by atoms with Crippen LogP contribution in [-0.4, -0.2) is 68.8 Å². The van der Waals surface area contributed by atoms with Crippen molar-refractivity contribution in [2.24, 2.45) is 0 Å². The fourth-order valence-electron chi connectivity index (χ4n) is 4.76. The van der Waals surface area contributed by atoms with Crippen molar-refractivity contribution in [1.29, 1.82) is 0 Å². The number of phenols is 1. The fraction of sp³-hybridized carbons (Fsp3) is 0.333. The number of unbranched alkanes of at least 4 members (excludes halogenated alkanes) is 6. The van der Waals surface area contributed by atoms with Gasteiger partial charge in [-0.05, 0) is 85.3 Å². The van der Waals surface area contributed by atoms with Crippen LogP contribution in [0.25, 0.3) is 0 Å². The van der Waals surface area contributed by atoms with Gasteiger partial charge in [0.2, 0.25) is 0 Å². The zero-order valence-electron chi connectivity index (χ0n) is 27.8. The standard InChI is InChI=1S/2C18H22O5S.Ca/c2*1-2-3-4-5-7-14-8-6-9-15(12-14)23-18-13-16(24(20,21)22)10-11-17(18)19;/h2*6,8-13,19H,2-5,7H2,1H3,(H,20,21,22);/q;;+2/p-2. The summed E-state index contributed by atoms with van der Waals surface area (Å²) in [6.45, 7) is 4.33. The Labute approximate surface area is 319 Å². The molecule has 0 aromatic heterocycles. The molecule has 260 valence electrons. The van der Waals surface area contributed by atoms with Crippen molar-refractivity contribution >= 4 is 58.0 Å². The Bertz CT molecular complexity index is 1710. The predicted molar refractivity (Wildman–Crippen MR) is 186 cm³/mol. The first kappa shape index (κ1) is 42.3. The maximum Gasteiger partial charge on any atom is 2.00 e. The van der Waals surface area contributed by atoms with Gasteiger partial charge in [0.25, 0.3) is 10.1 Å². The molecule has 4 aromatic carbocycles. The third-order valence-electron chi connectivity index (χ3n) is 7.32. The largest absolute Gasteiger partial charge is 2.00 e. The summed E-state index contributed by atoms with van der Waals surface area (Å²) in [5.74, 6) is 0.0844. The van der Waals surface area contributed by atoms with Crippen LogP contribution in [0.15, 0.2) is 94.7 Å². The molecule has 0 spiro atoms. The number of benzene rings is 4. The van der Waals surface area contributed by atoms with Crippen molar-refractivity contribution in [3.63, 3.8) is 0 Å². The van der Waals surface area contributed by atoms with Crippen LogP contribution in [0.2, 0.25) is 0 Å². The normalized spacial score (nSPS) is 11.2. The number of phenolic OH excluding ortho intramolecular Hbond substituents is 1. The molecule has 0 saturated heterocycles. The summed E-state index contributed by atoms with van der Waals surface area (Å²) >= 11 is 0. The summed E-state index contributed by atoms with van der Waals surface area (Å²) in [6.07, 6.45) is 11.1. The SMILES string of the molecule is CCCCCCc1cccc(Oc2cc(S(=O)(=O)O)ccc2O)c1.CCCCCCc1cccc(Oc2cc(S(=O)(=O)[O-])ccc2[O-])c1.[Ca+2]. The molecular formula is C36H42CaO10S2. The molecular weight excluding hydrogens is 697 g/mol. The van der Waals surface area contributed by atoms with E-state index in [-0.39, 0.29) is 59.9 Å². The van der Waals surface area contributed by atoms with Crippen LogP contribution in [0, 0.1) is 0 Å². The van der Waals surface area contributed by atoms with Gasteiger partial charge in [-0.3, -0.25) is 4.55 Å². The van der Waals surface area contributed by atoms with Gasteiger partial charge in [0.1, 0.15) is 27.4 Å². The van der Waals surface area contributed by atoms with Crippen molar-refractivity contribution in [3.05, 3.63) is 96.1 Å². The smallest absolute Gasteiger partial charge is 0.870 e. The van der Waals surface area contributed by atoms with Crippen LogP contribution in [0.4, 0.5) is 0 Å². The molecule has 10 nitrogen and oxygen atoms in total. The van der Waals surface area contributed by atoms with E-state index < -0.39 is 30.9 Å². The van der Waals surface area contributed by atoms with Gasteiger partial charge < -0.3 is 24.2 Å². The summed E-state index contributed by atoms with van der Waals surface area (Å²) in [4.78, 5) is -0.807. The van der Waals surface area contributed by atoms with E-state index in [9.17, 15) is 31.6 Å². The molecule has 49 heavy (non-hydrogen) atoms. The van der Waals surface area contributed by atoms with Gasteiger partial charge in [-0.1, -0.05) is 88.5 Å². The topological polar surface area (TPSA) is 173 Å². The number of aryl methyl sites for hydroxylation is 2. The van der Waals surface area contributed by atoms with Gasteiger partial charge in [0.05, 0.1) is 9.79 Å². The molecule has 0 aliphatic carbocycles. The van der Waals surface area contributed by atoms with Gasteiger partial charge >= 0.3 is 37.7 Å². The molecule has 0 heterocycles. The molecule has 0 saturated carbocycles. The Balaban J connectivity index is 0.000000333. The molecule has 13 heteroatoms. The second-order valence-corrected chi connectivity index (χ2v) is 14.1. The second-order valence-electron chi connectivity index (χ2n) is 11.3. The van der Waals surface area contributed by atoms with Gasteiger partial charge in [0.15, 0.2) is 11.5 Å². The minimum absolute atomic E-state index is 0. The number of rotatable bonds is 16. The van der Waals surface area contributed by atoms with Gasteiger partial charge in [-0.25, -0.2) is 8.42 Å². The maximum absolute atomic E-state index is 11.8. The first-order valence-corrected chi connectivity index (χ1v) is 18.8. The average Bonchev–Trinajstić information content (AvgIpc) is 3.03. The van der Waals surface area contributed by atoms with E-state index in [1.54, 1.807) is 12.1 Å². The van der Waals surface area contributed by atoms with Crippen LogP contribution < -0.4 is 14.6 Å². The number of aromatic hydroxyl groups is 1. The molecule has 0 fully saturated rings. The molecule has 2 N–H and O–H groups in total. The number of ether oxygens (including phenoxy) is 2. The Morgan fingerprint density at radius 1 is 0.633 bits per heavy atom. The Hall–Kier alpha value is -2.84.